The molecule has 0 radical (unpaired) electrons. The lowest BCUT2D eigenvalue weighted by molar-refractivity contribution is -0.144. The Morgan fingerprint density at radius 2 is 1.81 bits per heavy atom. The van der Waals surface area contributed by atoms with Gasteiger partial charge in [-0.1, -0.05) is 12.1 Å². The number of benzene rings is 1. The Bertz CT molecular complexity index is 799. The molecule has 1 aromatic carbocycles. The number of carbonyl (C=O) groups is 1. The predicted octanol–water partition coefficient (Wildman–Crippen LogP) is 4.34. The molecular weight excluding hydrogens is 479 g/mol. The van der Waals surface area contributed by atoms with E-state index in [1.807, 2.05) is 22.6 Å². The number of nitrogens with zero attached hydrogens (tertiary/aromatic N) is 2. The van der Waals surface area contributed by atoms with Gasteiger partial charge < -0.3 is 5.32 Å². The highest BCUT2D eigenvalue weighted by atomic mass is 127. The largest absolute Gasteiger partial charge is 0.435 e. The van der Waals surface area contributed by atoms with Crippen molar-refractivity contribution in [2.24, 2.45) is 0 Å². The van der Waals surface area contributed by atoms with Crippen molar-refractivity contribution in [1.29, 1.82) is 0 Å². The topological polar surface area (TPSA) is 46.9 Å². The SMILES string of the molecule is CC(Cn1nc(C(F)(F)F)cc1C(F)(F)F)NC(=O)c1ccccc1I. The van der Waals surface area contributed by atoms with Crippen LogP contribution in [0.1, 0.15) is 28.7 Å². The molecular formula is C15H12F6IN3O. The molecule has 1 amide bonds. The number of carbonyl (C=O) groups excluding carboxylic acids is 1. The van der Waals surface area contributed by atoms with Crippen molar-refractivity contribution < 1.29 is 31.1 Å². The van der Waals surface area contributed by atoms with Crippen LogP contribution in [-0.4, -0.2) is 21.7 Å². The maximum atomic E-state index is 13.0. The molecule has 0 bridgehead atoms. The minimum Gasteiger partial charge on any atom is -0.348 e. The van der Waals surface area contributed by atoms with Gasteiger partial charge in [0.25, 0.3) is 5.91 Å². The fourth-order valence-corrected chi connectivity index (χ4v) is 2.81. The molecule has 26 heavy (non-hydrogen) atoms. The van der Waals surface area contributed by atoms with Gasteiger partial charge in [-0.15, -0.1) is 0 Å². The van der Waals surface area contributed by atoms with E-state index in [1.165, 1.54) is 13.0 Å². The van der Waals surface area contributed by atoms with Crippen LogP contribution in [-0.2, 0) is 18.9 Å². The number of rotatable bonds is 4. The average Bonchev–Trinajstić information content (AvgIpc) is 2.91. The van der Waals surface area contributed by atoms with Crippen molar-refractivity contribution in [1.82, 2.24) is 15.1 Å². The van der Waals surface area contributed by atoms with Crippen molar-refractivity contribution in [3.8, 4) is 0 Å². The van der Waals surface area contributed by atoms with Gasteiger partial charge in [-0.2, -0.15) is 31.4 Å². The first kappa shape index (κ1) is 20.5. The number of halogens is 7. The molecule has 11 heteroatoms. The summed E-state index contributed by atoms with van der Waals surface area (Å²) < 4.78 is 77.7. The maximum Gasteiger partial charge on any atom is 0.435 e. The zero-order chi connectivity index (χ0) is 19.7. The quantitative estimate of drug-likeness (QED) is 0.511. The summed E-state index contributed by atoms with van der Waals surface area (Å²) in [5, 5.41) is 5.46. The molecule has 1 N–H and O–H groups in total. The molecule has 4 nitrogen and oxygen atoms in total. The predicted molar refractivity (Wildman–Crippen MR) is 88.3 cm³/mol. The molecule has 0 aliphatic rings. The maximum absolute atomic E-state index is 13.0. The van der Waals surface area contributed by atoms with E-state index in [-0.39, 0.29) is 10.7 Å². The number of aromatic nitrogens is 2. The van der Waals surface area contributed by atoms with Gasteiger partial charge in [0.05, 0.1) is 12.1 Å². The lowest BCUT2D eigenvalue weighted by Gasteiger charge is -2.17. The summed E-state index contributed by atoms with van der Waals surface area (Å²) >= 11 is 1.92. The Morgan fingerprint density at radius 1 is 1.19 bits per heavy atom. The molecule has 1 atom stereocenters. The standard InChI is InChI=1S/C15H12F6IN3O/c1-8(23-13(26)9-4-2-3-5-10(9)22)7-25-12(15(19,20)21)6-11(24-25)14(16,17)18/h2-6,8H,7H2,1H3,(H,23,26). The molecule has 2 rings (SSSR count). The number of nitrogens with one attached hydrogen (secondary N) is 1. The molecule has 0 aliphatic carbocycles. The van der Waals surface area contributed by atoms with Crippen molar-refractivity contribution in [3.05, 3.63) is 50.9 Å². The van der Waals surface area contributed by atoms with E-state index in [1.54, 1.807) is 18.2 Å². The van der Waals surface area contributed by atoms with Crippen molar-refractivity contribution in [3.63, 3.8) is 0 Å². The first-order chi connectivity index (χ1) is 11.9. The van der Waals surface area contributed by atoms with E-state index >= 15 is 0 Å². The number of alkyl halides is 6. The molecule has 0 saturated heterocycles. The van der Waals surface area contributed by atoms with Gasteiger partial charge in [-0.05, 0) is 41.6 Å². The molecule has 0 aliphatic heterocycles. The van der Waals surface area contributed by atoms with E-state index in [2.05, 4.69) is 10.4 Å². The summed E-state index contributed by atoms with van der Waals surface area (Å²) in [5.41, 5.74) is -2.85. The monoisotopic (exact) mass is 491 g/mol. The van der Waals surface area contributed by atoms with E-state index in [0.29, 0.717) is 9.13 Å². The summed E-state index contributed by atoms with van der Waals surface area (Å²) in [7, 11) is 0. The zero-order valence-electron chi connectivity index (χ0n) is 13.1. The van der Waals surface area contributed by atoms with E-state index < -0.39 is 42.2 Å². The summed E-state index contributed by atoms with van der Waals surface area (Å²) in [6, 6.07) is 5.59. The number of amides is 1. The van der Waals surface area contributed by atoms with Crippen LogP contribution in [0.2, 0.25) is 0 Å². The number of hydrogen-bond acceptors (Lipinski definition) is 2. The summed E-state index contributed by atoms with van der Waals surface area (Å²) in [6.07, 6.45) is -10.0. The van der Waals surface area contributed by atoms with Gasteiger partial charge in [0.2, 0.25) is 0 Å². The molecule has 0 spiro atoms. The highest BCUT2D eigenvalue weighted by Crippen LogP contribution is 2.35. The summed E-state index contributed by atoms with van der Waals surface area (Å²) in [6.45, 7) is 0.808. The van der Waals surface area contributed by atoms with Crippen LogP contribution in [0.4, 0.5) is 26.3 Å². The van der Waals surface area contributed by atoms with Crippen molar-refractivity contribution >= 4 is 28.5 Å². The van der Waals surface area contributed by atoms with E-state index in [9.17, 15) is 31.1 Å². The molecule has 1 aromatic heterocycles. The Labute approximate surface area is 157 Å². The fraction of sp³-hybridized carbons (Fsp3) is 0.333. The average molecular weight is 491 g/mol. The second kappa shape index (κ2) is 7.45. The lowest BCUT2D eigenvalue weighted by atomic mass is 10.2. The van der Waals surface area contributed by atoms with E-state index in [4.69, 9.17) is 0 Å². The lowest BCUT2D eigenvalue weighted by Crippen LogP contribution is -2.37. The van der Waals surface area contributed by atoms with Crippen molar-refractivity contribution in [2.75, 3.05) is 0 Å². The third-order valence-electron chi connectivity index (χ3n) is 3.30. The summed E-state index contributed by atoms with van der Waals surface area (Å²) in [5.74, 6) is -0.542. The normalized spacial score (nSPS) is 13.5. The van der Waals surface area contributed by atoms with Gasteiger partial charge >= 0.3 is 12.4 Å². The Kier molecular flexibility index (Phi) is 5.88. The first-order valence-corrected chi connectivity index (χ1v) is 8.25. The van der Waals surface area contributed by atoms with Crippen LogP contribution in [0.25, 0.3) is 0 Å². The molecule has 0 saturated carbocycles. The molecule has 2 aromatic rings. The summed E-state index contributed by atoms with van der Waals surface area (Å²) in [4.78, 5) is 12.2. The minimum absolute atomic E-state index is 0.0469. The Morgan fingerprint density at radius 3 is 2.35 bits per heavy atom. The highest BCUT2D eigenvalue weighted by molar-refractivity contribution is 14.1. The van der Waals surface area contributed by atoms with Gasteiger partial charge in [-0.3, -0.25) is 9.48 Å². The van der Waals surface area contributed by atoms with E-state index in [0.717, 1.165) is 0 Å². The second-order valence-corrected chi connectivity index (χ2v) is 6.61. The molecule has 1 heterocycles. The smallest absolute Gasteiger partial charge is 0.348 e. The number of hydrogen-bond donors (Lipinski definition) is 1. The second-order valence-electron chi connectivity index (χ2n) is 5.45. The van der Waals surface area contributed by atoms with Crippen LogP contribution >= 0.6 is 22.6 Å². The molecule has 142 valence electrons. The zero-order valence-corrected chi connectivity index (χ0v) is 15.3. The van der Waals surface area contributed by atoms with Crippen LogP contribution in [0.5, 0.6) is 0 Å². The molecule has 0 fully saturated rings. The van der Waals surface area contributed by atoms with Gasteiger partial charge in [0.1, 0.15) is 5.69 Å². The van der Waals surface area contributed by atoms with Gasteiger partial charge in [0.15, 0.2) is 5.69 Å². The third-order valence-corrected chi connectivity index (χ3v) is 4.24. The fourth-order valence-electron chi connectivity index (χ4n) is 2.17. The highest BCUT2D eigenvalue weighted by Gasteiger charge is 2.42. The first-order valence-electron chi connectivity index (χ1n) is 7.17. The Hall–Kier alpha value is -1.79. The minimum atomic E-state index is -5.00. The van der Waals surface area contributed by atoms with Gasteiger partial charge in [-0.25, -0.2) is 0 Å². The van der Waals surface area contributed by atoms with Gasteiger partial charge in [0, 0.05) is 15.7 Å². The van der Waals surface area contributed by atoms with Crippen LogP contribution in [0, 0.1) is 3.57 Å². The molecule has 1 unspecified atom stereocenters. The van der Waals surface area contributed by atoms with Crippen LogP contribution in [0.3, 0.4) is 0 Å². The Balaban J connectivity index is 2.20. The van der Waals surface area contributed by atoms with Crippen molar-refractivity contribution in [2.45, 2.75) is 31.9 Å². The van der Waals surface area contributed by atoms with Crippen LogP contribution in [0.15, 0.2) is 30.3 Å². The van der Waals surface area contributed by atoms with Crippen LogP contribution < -0.4 is 5.32 Å². The third kappa shape index (κ3) is 4.89.